The predicted octanol–water partition coefficient (Wildman–Crippen LogP) is 3.32. The van der Waals surface area contributed by atoms with Crippen molar-refractivity contribution in [3.63, 3.8) is 0 Å². The Balaban J connectivity index is 2.29. The zero-order valence-corrected chi connectivity index (χ0v) is 16.1. The predicted molar refractivity (Wildman–Crippen MR) is 103 cm³/mol. The molecular weight excluding hydrogens is 336 g/mol. The SMILES string of the molecule is Cc1ccc(N(CC(=O)Nc2cccc(C)c2C)S(C)(=O)=O)c(C)c1. The van der Waals surface area contributed by atoms with Crippen molar-refractivity contribution in [1.82, 2.24) is 0 Å². The number of hydrogen-bond acceptors (Lipinski definition) is 3. The maximum atomic E-state index is 12.5. The topological polar surface area (TPSA) is 66.5 Å². The molecule has 0 aliphatic carbocycles. The fourth-order valence-corrected chi connectivity index (χ4v) is 3.59. The number of carbonyl (C=O) groups is 1. The van der Waals surface area contributed by atoms with E-state index in [1.165, 1.54) is 0 Å². The summed E-state index contributed by atoms with van der Waals surface area (Å²) in [5, 5.41) is 2.81. The summed E-state index contributed by atoms with van der Waals surface area (Å²) in [5.41, 5.74) is 5.09. The average Bonchev–Trinajstić information content (AvgIpc) is 2.49. The van der Waals surface area contributed by atoms with Gasteiger partial charge in [0.15, 0.2) is 0 Å². The van der Waals surface area contributed by atoms with Crippen LogP contribution in [0, 0.1) is 27.7 Å². The highest BCUT2D eigenvalue weighted by molar-refractivity contribution is 7.92. The molecule has 0 bridgehead atoms. The summed E-state index contributed by atoms with van der Waals surface area (Å²) in [6.07, 6.45) is 1.11. The maximum absolute atomic E-state index is 12.5. The van der Waals surface area contributed by atoms with E-state index in [0.29, 0.717) is 11.4 Å². The molecule has 5 nitrogen and oxygen atoms in total. The van der Waals surface area contributed by atoms with E-state index in [2.05, 4.69) is 5.32 Å². The molecular formula is C19H24N2O3S. The number of hydrogen-bond donors (Lipinski definition) is 1. The number of nitrogens with one attached hydrogen (secondary N) is 1. The van der Waals surface area contributed by atoms with Crippen LogP contribution in [-0.4, -0.2) is 27.1 Å². The molecule has 2 rings (SSSR count). The van der Waals surface area contributed by atoms with Crippen LogP contribution in [0.2, 0.25) is 0 Å². The Hall–Kier alpha value is -2.34. The molecule has 0 aliphatic heterocycles. The molecule has 0 saturated carbocycles. The molecule has 0 unspecified atom stereocenters. The largest absolute Gasteiger partial charge is 0.324 e. The normalized spacial score (nSPS) is 11.2. The molecule has 0 atom stereocenters. The smallest absolute Gasteiger partial charge is 0.245 e. The fraction of sp³-hybridized carbons (Fsp3) is 0.316. The number of sulfonamides is 1. The van der Waals surface area contributed by atoms with Crippen molar-refractivity contribution < 1.29 is 13.2 Å². The highest BCUT2D eigenvalue weighted by atomic mass is 32.2. The second-order valence-corrected chi connectivity index (χ2v) is 8.26. The van der Waals surface area contributed by atoms with E-state index < -0.39 is 10.0 Å². The zero-order chi connectivity index (χ0) is 18.8. The Morgan fingerprint density at radius 2 is 1.72 bits per heavy atom. The molecule has 1 amide bonds. The van der Waals surface area contributed by atoms with E-state index in [1.54, 1.807) is 6.07 Å². The summed E-state index contributed by atoms with van der Waals surface area (Å²) >= 11 is 0. The molecule has 0 heterocycles. The van der Waals surface area contributed by atoms with Crippen molar-refractivity contribution in [1.29, 1.82) is 0 Å². The molecule has 0 fully saturated rings. The minimum absolute atomic E-state index is 0.268. The molecule has 6 heteroatoms. The first-order valence-electron chi connectivity index (χ1n) is 8.00. The van der Waals surface area contributed by atoms with E-state index in [-0.39, 0.29) is 12.5 Å². The molecule has 0 radical (unpaired) electrons. The number of rotatable bonds is 5. The Kier molecular flexibility index (Phi) is 5.52. The van der Waals surface area contributed by atoms with Gasteiger partial charge in [-0.1, -0.05) is 29.8 Å². The Labute approximate surface area is 149 Å². The number of aryl methyl sites for hydroxylation is 3. The summed E-state index contributed by atoms with van der Waals surface area (Å²) in [5.74, 6) is -0.376. The summed E-state index contributed by atoms with van der Waals surface area (Å²) in [7, 11) is -3.59. The lowest BCUT2D eigenvalue weighted by Gasteiger charge is -2.24. The van der Waals surface area contributed by atoms with Crippen molar-refractivity contribution in [2.75, 3.05) is 22.4 Å². The molecule has 0 aliphatic rings. The van der Waals surface area contributed by atoms with Gasteiger partial charge in [0.25, 0.3) is 0 Å². The molecule has 0 spiro atoms. The van der Waals surface area contributed by atoms with Gasteiger partial charge < -0.3 is 5.32 Å². The van der Waals surface area contributed by atoms with E-state index in [9.17, 15) is 13.2 Å². The van der Waals surface area contributed by atoms with Gasteiger partial charge in [-0.05, 0) is 56.5 Å². The Morgan fingerprint density at radius 1 is 1.04 bits per heavy atom. The summed E-state index contributed by atoms with van der Waals surface area (Å²) in [6.45, 7) is 7.39. The van der Waals surface area contributed by atoms with Gasteiger partial charge in [-0.25, -0.2) is 8.42 Å². The quantitative estimate of drug-likeness (QED) is 0.889. The van der Waals surface area contributed by atoms with Crippen molar-refractivity contribution in [3.05, 3.63) is 58.7 Å². The zero-order valence-electron chi connectivity index (χ0n) is 15.3. The summed E-state index contributed by atoms with van der Waals surface area (Å²) in [4.78, 5) is 12.5. The van der Waals surface area contributed by atoms with Gasteiger partial charge in [0, 0.05) is 5.69 Å². The highest BCUT2D eigenvalue weighted by Gasteiger charge is 2.22. The van der Waals surface area contributed by atoms with E-state index in [0.717, 1.165) is 32.8 Å². The summed E-state index contributed by atoms with van der Waals surface area (Å²) < 4.78 is 25.6. The monoisotopic (exact) mass is 360 g/mol. The van der Waals surface area contributed by atoms with Gasteiger partial charge in [0.05, 0.1) is 11.9 Å². The molecule has 1 N–H and O–H groups in total. The van der Waals surface area contributed by atoms with Gasteiger partial charge in [0.1, 0.15) is 6.54 Å². The van der Waals surface area contributed by atoms with Crippen molar-refractivity contribution in [3.8, 4) is 0 Å². The van der Waals surface area contributed by atoms with Crippen molar-refractivity contribution >= 4 is 27.3 Å². The Morgan fingerprint density at radius 3 is 2.32 bits per heavy atom. The molecule has 2 aromatic rings. The third kappa shape index (κ3) is 4.60. The molecule has 134 valence electrons. The van der Waals surface area contributed by atoms with Crippen LogP contribution < -0.4 is 9.62 Å². The van der Waals surface area contributed by atoms with Crippen LogP contribution in [0.4, 0.5) is 11.4 Å². The van der Waals surface area contributed by atoms with Gasteiger partial charge in [-0.15, -0.1) is 0 Å². The second-order valence-electron chi connectivity index (χ2n) is 6.36. The summed E-state index contributed by atoms with van der Waals surface area (Å²) in [6, 6.07) is 11.1. The van der Waals surface area contributed by atoms with Crippen LogP contribution >= 0.6 is 0 Å². The van der Waals surface area contributed by atoms with Gasteiger partial charge >= 0.3 is 0 Å². The number of anilines is 2. The molecule has 25 heavy (non-hydrogen) atoms. The van der Waals surface area contributed by atoms with E-state index in [4.69, 9.17) is 0 Å². The van der Waals surface area contributed by atoms with Crippen LogP contribution in [0.25, 0.3) is 0 Å². The van der Waals surface area contributed by atoms with Crippen LogP contribution in [0.3, 0.4) is 0 Å². The number of benzene rings is 2. The number of amides is 1. The third-order valence-electron chi connectivity index (χ3n) is 4.19. The van der Waals surface area contributed by atoms with Crippen LogP contribution in [0.1, 0.15) is 22.3 Å². The molecule has 0 saturated heterocycles. The van der Waals surface area contributed by atoms with Crippen molar-refractivity contribution in [2.24, 2.45) is 0 Å². The maximum Gasteiger partial charge on any atom is 0.245 e. The van der Waals surface area contributed by atoms with Crippen molar-refractivity contribution in [2.45, 2.75) is 27.7 Å². The first kappa shape index (κ1) is 19.0. The lowest BCUT2D eigenvalue weighted by molar-refractivity contribution is -0.114. The van der Waals surface area contributed by atoms with Crippen LogP contribution in [0.5, 0.6) is 0 Å². The minimum atomic E-state index is -3.59. The minimum Gasteiger partial charge on any atom is -0.324 e. The van der Waals surface area contributed by atoms with Crippen LogP contribution in [0.15, 0.2) is 36.4 Å². The first-order valence-corrected chi connectivity index (χ1v) is 9.85. The number of nitrogens with zero attached hydrogens (tertiary/aromatic N) is 1. The second kappa shape index (κ2) is 7.27. The molecule has 2 aromatic carbocycles. The standard InChI is InChI=1S/C19H24N2O3S/c1-13-9-10-18(15(3)11-13)21(25(5,23)24)12-19(22)20-17-8-6-7-14(2)16(17)4/h6-11H,12H2,1-5H3,(H,20,22). The van der Waals surface area contributed by atoms with Gasteiger partial charge in [0.2, 0.25) is 15.9 Å². The van der Waals surface area contributed by atoms with Gasteiger partial charge in [-0.2, -0.15) is 0 Å². The Bertz CT molecular complexity index is 905. The van der Waals surface area contributed by atoms with E-state index >= 15 is 0 Å². The lowest BCUT2D eigenvalue weighted by Crippen LogP contribution is -2.38. The first-order chi connectivity index (χ1) is 11.6. The van der Waals surface area contributed by atoms with E-state index in [1.807, 2.05) is 58.0 Å². The van der Waals surface area contributed by atoms with Gasteiger partial charge in [-0.3, -0.25) is 9.10 Å². The number of carbonyl (C=O) groups excluding carboxylic acids is 1. The average molecular weight is 360 g/mol. The lowest BCUT2D eigenvalue weighted by atomic mass is 10.1. The fourth-order valence-electron chi connectivity index (χ4n) is 2.67. The third-order valence-corrected chi connectivity index (χ3v) is 5.31. The van der Waals surface area contributed by atoms with Crippen LogP contribution in [-0.2, 0) is 14.8 Å². The molecule has 0 aromatic heterocycles. The highest BCUT2D eigenvalue weighted by Crippen LogP contribution is 2.24.